The van der Waals surface area contributed by atoms with E-state index in [2.05, 4.69) is 5.10 Å². The summed E-state index contributed by atoms with van der Waals surface area (Å²) in [5.74, 6) is 2.00. The minimum atomic E-state index is -0.288. The highest BCUT2D eigenvalue weighted by Crippen LogP contribution is 2.29. The van der Waals surface area contributed by atoms with Gasteiger partial charge in [0.15, 0.2) is 17.3 Å². The Bertz CT molecular complexity index is 1550. The minimum Gasteiger partial charge on any atom is -0.493 e. The molecule has 0 fully saturated rings. The summed E-state index contributed by atoms with van der Waals surface area (Å²) < 4.78 is 18.5. The Morgan fingerprint density at radius 2 is 1.79 bits per heavy atom. The number of hydrogen-bond acceptors (Lipinski definition) is 6. The second-order valence-corrected chi connectivity index (χ2v) is 8.04. The quantitative estimate of drug-likeness (QED) is 0.318. The van der Waals surface area contributed by atoms with E-state index in [1.54, 1.807) is 31.5 Å². The van der Waals surface area contributed by atoms with Gasteiger partial charge in [0.2, 0.25) is 5.82 Å². The maximum Gasteiger partial charge on any atom is 0.282 e. The summed E-state index contributed by atoms with van der Waals surface area (Å²) in [6.45, 7) is 3.90. The number of rotatable bonds is 6. The van der Waals surface area contributed by atoms with Crippen molar-refractivity contribution in [3.05, 3.63) is 88.7 Å². The maximum atomic E-state index is 13.4. The van der Waals surface area contributed by atoms with E-state index in [0.717, 1.165) is 10.9 Å². The number of aromatic nitrogens is 2. The van der Waals surface area contributed by atoms with Crippen molar-refractivity contribution >= 4 is 28.1 Å². The van der Waals surface area contributed by atoms with Crippen LogP contribution in [-0.2, 0) is 0 Å². The number of methoxy groups -OCH3 is 1. The van der Waals surface area contributed by atoms with E-state index >= 15 is 0 Å². The first-order valence-electron chi connectivity index (χ1n) is 10.9. The summed E-state index contributed by atoms with van der Waals surface area (Å²) in [7, 11) is 1.58. The number of para-hydroxylation sites is 2. The molecule has 0 saturated carbocycles. The van der Waals surface area contributed by atoms with Gasteiger partial charge in [0.25, 0.3) is 5.56 Å². The maximum absolute atomic E-state index is 13.4. The molecular weight excluding hydrogens is 430 g/mol. The number of hydrogen-bond donors (Lipinski definition) is 0. The summed E-state index contributed by atoms with van der Waals surface area (Å²) in [4.78, 5) is 18.1. The highest BCUT2D eigenvalue weighted by atomic mass is 16.5. The molecule has 0 atom stereocenters. The molecule has 3 aromatic carbocycles. The van der Waals surface area contributed by atoms with Gasteiger partial charge < -0.3 is 13.9 Å². The highest BCUT2D eigenvalue weighted by molar-refractivity contribution is 5.85. The number of nitrogens with zero attached hydrogens (tertiary/aromatic N) is 3. The van der Waals surface area contributed by atoms with Gasteiger partial charge in [0, 0.05) is 5.39 Å². The number of benzene rings is 3. The zero-order valence-electron chi connectivity index (χ0n) is 19.1. The lowest BCUT2D eigenvalue weighted by atomic mass is 10.2. The molecule has 0 amide bonds. The Hall–Kier alpha value is -4.39. The Labute approximate surface area is 195 Å². The normalized spacial score (nSPS) is 11.6. The molecule has 0 bridgehead atoms. The average molecular weight is 453 g/mol. The molecule has 5 aromatic rings. The number of ether oxygens (including phenoxy) is 2. The molecule has 0 aliphatic heterocycles. The first-order valence-corrected chi connectivity index (χ1v) is 10.9. The van der Waals surface area contributed by atoms with Crippen molar-refractivity contribution in [2.24, 2.45) is 5.10 Å². The van der Waals surface area contributed by atoms with Crippen molar-refractivity contribution in [3.8, 4) is 23.1 Å². The first-order chi connectivity index (χ1) is 16.5. The van der Waals surface area contributed by atoms with Crippen molar-refractivity contribution in [1.29, 1.82) is 0 Å². The van der Waals surface area contributed by atoms with Crippen LogP contribution >= 0.6 is 0 Å². The molecule has 0 aliphatic carbocycles. The lowest BCUT2D eigenvalue weighted by Gasteiger charge is -2.13. The van der Waals surface area contributed by atoms with E-state index in [-0.39, 0.29) is 11.7 Å². The van der Waals surface area contributed by atoms with Crippen molar-refractivity contribution in [2.45, 2.75) is 20.0 Å². The van der Waals surface area contributed by atoms with E-state index in [0.29, 0.717) is 39.6 Å². The van der Waals surface area contributed by atoms with Gasteiger partial charge in [-0.25, -0.2) is 4.98 Å². The Kier molecular flexibility index (Phi) is 5.59. The molecule has 0 unspecified atom stereocenters. The van der Waals surface area contributed by atoms with E-state index < -0.39 is 0 Å². The largest absolute Gasteiger partial charge is 0.493 e. The molecule has 0 spiro atoms. The van der Waals surface area contributed by atoms with Gasteiger partial charge in [-0.15, -0.1) is 0 Å². The van der Waals surface area contributed by atoms with E-state index in [1.165, 1.54) is 4.68 Å². The second kappa shape index (κ2) is 8.86. The van der Waals surface area contributed by atoms with Crippen LogP contribution < -0.4 is 15.0 Å². The van der Waals surface area contributed by atoms with Crippen LogP contribution in [0.1, 0.15) is 19.4 Å². The predicted octanol–water partition coefficient (Wildman–Crippen LogP) is 5.49. The lowest BCUT2D eigenvalue weighted by molar-refractivity contribution is 0.230. The molecule has 0 aliphatic rings. The fourth-order valence-electron chi connectivity index (χ4n) is 3.72. The zero-order valence-corrected chi connectivity index (χ0v) is 19.1. The van der Waals surface area contributed by atoms with Crippen molar-refractivity contribution in [1.82, 2.24) is 9.66 Å². The Morgan fingerprint density at radius 3 is 2.59 bits per heavy atom. The smallest absolute Gasteiger partial charge is 0.282 e. The first kappa shape index (κ1) is 21.5. The summed E-state index contributed by atoms with van der Waals surface area (Å²) in [5.41, 5.74) is 1.74. The van der Waals surface area contributed by atoms with Crippen LogP contribution in [0.25, 0.3) is 33.5 Å². The van der Waals surface area contributed by atoms with Crippen LogP contribution in [0.5, 0.6) is 11.5 Å². The predicted molar refractivity (Wildman–Crippen MR) is 133 cm³/mol. The van der Waals surface area contributed by atoms with Gasteiger partial charge >= 0.3 is 0 Å². The van der Waals surface area contributed by atoms with Crippen molar-refractivity contribution in [3.63, 3.8) is 0 Å². The molecule has 7 heteroatoms. The average Bonchev–Trinajstić information content (AvgIpc) is 3.28. The molecule has 5 rings (SSSR count). The van der Waals surface area contributed by atoms with Crippen molar-refractivity contribution < 1.29 is 13.9 Å². The van der Waals surface area contributed by atoms with Crippen LogP contribution in [0.3, 0.4) is 0 Å². The molecule has 0 saturated heterocycles. The molecule has 0 radical (unpaired) electrons. The van der Waals surface area contributed by atoms with Crippen LogP contribution in [0.4, 0.5) is 0 Å². The summed E-state index contributed by atoms with van der Waals surface area (Å²) in [6.07, 6.45) is 1.60. The van der Waals surface area contributed by atoms with E-state index in [9.17, 15) is 4.79 Å². The van der Waals surface area contributed by atoms with E-state index in [1.807, 2.05) is 68.4 Å². The monoisotopic (exact) mass is 453 g/mol. The number of fused-ring (bicyclic) bond motifs is 2. The van der Waals surface area contributed by atoms with Crippen LogP contribution in [0.2, 0.25) is 0 Å². The minimum absolute atomic E-state index is 0.0158. The third-order valence-corrected chi connectivity index (χ3v) is 5.27. The molecule has 0 N–H and O–H groups in total. The van der Waals surface area contributed by atoms with Gasteiger partial charge in [0.1, 0.15) is 5.58 Å². The fraction of sp³-hybridized carbons (Fsp3) is 0.148. The molecule has 2 heterocycles. The Balaban J connectivity index is 1.64. The van der Waals surface area contributed by atoms with Crippen LogP contribution in [0.15, 0.2) is 87.1 Å². The van der Waals surface area contributed by atoms with E-state index in [4.69, 9.17) is 18.9 Å². The SMILES string of the molecule is COc1cc(C=Nn2c(-c3cc4ccccc4o3)nc3ccccc3c2=O)ccc1OC(C)C. The third-order valence-electron chi connectivity index (χ3n) is 5.27. The van der Waals surface area contributed by atoms with Gasteiger partial charge in [-0.3, -0.25) is 4.79 Å². The standard InChI is InChI=1S/C27H23N3O4/c1-17(2)33-23-13-12-18(14-24(23)32-3)16-28-30-26(25-15-19-8-4-7-11-22(19)34-25)29-21-10-6-5-9-20(21)27(30)31/h4-17H,1-3H3. The summed E-state index contributed by atoms with van der Waals surface area (Å²) >= 11 is 0. The molecule has 2 aromatic heterocycles. The highest BCUT2D eigenvalue weighted by Gasteiger charge is 2.16. The van der Waals surface area contributed by atoms with Gasteiger partial charge in [-0.05, 0) is 61.9 Å². The lowest BCUT2D eigenvalue weighted by Crippen LogP contribution is -2.20. The fourth-order valence-corrected chi connectivity index (χ4v) is 3.72. The Morgan fingerprint density at radius 1 is 1.00 bits per heavy atom. The summed E-state index contributed by atoms with van der Waals surface area (Å²) in [5, 5.41) is 5.89. The number of furan rings is 1. The van der Waals surface area contributed by atoms with Crippen molar-refractivity contribution in [2.75, 3.05) is 7.11 Å². The van der Waals surface area contributed by atoms with Crippen LogP contribution in [-0.4, -0.2) is 29.1 Å². The molecular formula is C27H23N3O4. The molecule has 7 nitrogen and oxygen atoms in total. The second-order valence-electron chi connectivity index (χ2n) is 8.04. The third kappa shape index (κ3) is 4.03. The summed E-state index contributed by atoms with van der Waals surface area (Å²) in [6, 6.07) is 22.2. The molecule has 170 valence electrons. The topological polar surface area (TPSA) is 78.9 Å². The van der Waals surface area contributed by atoms with Gasteiger partial charge in [-0.2, -0.15) is 9.78 Å². The zero-order chi connectivity index (χ0) is 23.7. The van der Waals surface area contributed by atoms with Gasteiger partial charge in [-0.1, -0.05) is 30.3 Å². The van der Waals surface area contributed by atoms with Crippen LogP contribution in [0, 0.1) is 0 Å². The molecule has 34 heavy (non-hydrogen) atoms. The van der Waals surface area contributed by atoms with Gasteiger partial charge in [0.05, 0.1) is 30.3 Å².